The quantitative estimate of drug-likeness (QED) is 0.727. The number of aromatic nitrogens is 2. The van der Waals surface area contributed by atoms with Crippen molar-refractivity contribution in [3.05, 3.63) is 52.8 Å². The number of amides is 1. The smallest absolute Gasteiger partial charge is 0.267 e. The minimum Gasteiger partial charge on any atom is -0.493 e. The number of methoxy groups -OCH3 is 2. The van der Waals surface area contributed by atoms with Crippen molar-refractivity contribution in [3.63, 3.8) is 0 Å². The fourth-order valence-electron chi connectivity index (χ4n) is 4.28. The van der Waals surface area contributed by atoms with Gasteiger partial charge in [0, 0.05) is 18.2 Å². The molecular formula is C22H25N3O4. The lowest BCUT2D eigenvalue weighted by Gasteiger charge is -2.18. The largest absolute Gasteiger partial charge is 0.493 e. The van der Waals surface area contributed by atoms with Crippen molar-refractivity contribution in [1.82, 2.24) is 15.1 Å². The van der Waals surface area contributed by atoms with Crippen LogP contribution in [0.5, 0.6) is 11.5 Å². The standard InChI is InChI=1S/C22H25N3O4/c1-28-19-7-5-16(11-20(19)29-2)18-6-8-22(27)25(24-18)13-21(26)23-12-17-10-14-3-4-15(17)9-14/h3-8,11,14-15,17H,9-10,12-13H2,1-2H3,(H,23,26)/t14-,15-,17-/m0/s1. The Hall–Kier alpha value is -3.09. The highest BCUT2D eigenvalue weighted by Gasteiger charge is 2.35. The summed E-state index contributed by atoms with van der Waals surface area (Å²) in [5.41, 5.74) is 1.04. The van der Waals surface area contributed by atoms with Crippen molar-refractivity contribution in [3.8, 4) is 22.8 Å². The van der Waals surface area contributed by atoms with Gasteiger partial charge in [-0.1, -0.05) is 12.2 Å². The number of rotatable bonds is 7. The molecule has 0 radical (unpaired) electrons. The van der Waals surface area contributed by atoms with Gasteiger partial charge in [-0.25, -0.2) is 4.68 Å². The fourth-order valence-corrected chi connectivity index (χ4v) is 4.28. The second kappa shape index (κ2) is 8.11. The second-order valence-corrected chi connectivity index (χ2v) is 7.63. The maximum absolute atomic E-state index is 12.4. The van der Waals surface area contributed by atoms with E-state index in [-0.39, 0.29) is 18.0 Å². The van der Waals surface area contributed by atoms with E-state index in [0.717, 1.165) is 12.0 Å². The molecule has 2 bridgehead atoms. The monoisotopic (exact) mass is 395 g/mol. The van der Waals surface area contributed by atoms with Gasteiger partial charge < -0.3 is 14.8 Å². The number of fused-ring (bicyclic) bond motifs is 2. The number of nitrogens with one attached hydrogen (secondary N) is 1. The summed E-state index contributed by atoms with van der Waals surface area (Å²) in [5.74, 6) is 2.73. The summed E-state index contributed by atoms with van der Waals surface area (Å²) >= 11 is 0. The average molecular weight is 395 g/mol. The number of carbonyl (C=O) groups excluding carboxylic acids is 1. The van der Waals surface area contributed by atoms with Crippen molar-refractivity contribution in [2.24, 2.45) is 17.8 Å². The number of hydrogen-bond donors (Lipinski definition) is 1. The van der Waals surface area contributed by atoms with Crippen molar-refractivity contribution in [2.75, 3.05) is 20.8 Å². The molecule has 2 aliphatic carbocycles. The van der Waals surface area contributed by atoms with Crippen LogP contribution in [-0.2, 0) is 11.3 Å². The lowest BCUT2D eigenvalue weighted by atomic mass is 9.94. The first-order valence-corrected chi connectivity index (χ1v) is 9.83. The summed E-state index contributed by atoms with van der Waals surface area (Å²) in [6.45, 7) is 0.547. The zero-order valence-electron chi connectivity index (χ0n) is 16.6. The normalized spacial score (nSPS) is 21.9. The van der Waals surface area contributed by atoms with Crippen LogP contribution in [-0.4, -0.2) is 36.5 Å². The molecule has 1 aromatic heterocycles. The minimum absolute atomic E-state index is 0.101. The van der Waals surface area contributed by atoms with Gasteiger partial charge in [-0.15, -0.1) is 0 Å². The first kappa shape index (κ1) is 19.2. The van der Waals surface area contributed by atoms with E-state index < -0.39 is 0 Å². The van der Waals surface area contributed by atoms with E-state index in [1.807, 2.05) is 6.07 Å². The Morgan fingerprint density at radius 2 is 1.97 bits per heavy atom. The van der Waals surface area contributed by atoms with E-state index in [1.165, 1.54) is 17.2 Å². The molecule has 1 N–H and O–H groups in total. The van der Waals surface area contributed by atoms with Gasteiger partial charge in [0.2, 0.25) is 5.91 Å². The van der Waals surface area contributed by atoms with E-state index in [0.29, 0.717) is 41.5 Å². The fraction of sp³-hybridized carbons (Fsp3) is 0.409. The molecule has 1 saturated carbocycles. The van der Waals surface area contributed by atoms with Crippen LogP contribution < -0.4 is 20.3 Å². The molecule has 29 heavy (non-hydrogen) atoms. The first-order chi connectivity index (χ1) is 14.1. The number of allylic oxidation sites excluding steroid dienone is 2. The lowest BCUT2D eigenvalue weighted by molar-refractivity contribution is -0.122. The third-order valence-electron chi connectivity index (χ3n) is 5.82. The first-order valence-electron chi connectivity index (χ1n) is 9.83. The van der Waals surface area contributed by atoms with Crippen LogP contribution in [0.15, 0.2) is 47.3 Å². The summed E-state index contributed by atoms with van der Waals surface area (Å²) in [6.07, 6.45) is 6.89. The predicted molar refractivity (Wildman–Crippen MR) is 109 cm³/mol. The Balaban J connectivity index is 1.45. The molecule has 1 heterocycles. The Morgan fingerprint density at radius 1 is 1.14 bits per heavy atom. The van der Waals surface area contributed by atoms with E-state index in [1.54, 1.807) is 32.4 Å². The van der Waals surface area contributed by atoms with Gasteiger partial charge in [0.15, 0.2) is 11.5 Å². The molecule has 1 aromatic carbocycles. The lowest BCUT2D eigenvalue weighted by Crippen LogP contribution is -2.36. The van der Waals surface area contributed by atoms with Gasteiger partial charge in [-0.3, -0.25) is 9.59 Å². The summed E-state index contributed by atoms with van der Waals surface area (Å²) in [4.78, 5) is 24.6. The van der Waals surface area contributed by atoms with Crippen LogP contribution in [0.1, 0.15) is 12.8 Å². The van der Waals surface area contributed by atoms with E-state index in [2.05, 4.69) is 22.6 Å². The molecule has 7 heteroatoms. The highest BCUT2D eigenvalue weighted by Crippen LogP contribution is 2.42. The number of hydrogen-bond acceptors (Lipinski definition) is 5. The maximum atomic E-state index is 12.4. The van der Waals surface area contributed by atoms with Crippen LogP contribution >= 0.6 is 0 Å². The highest BCUT2D eigenvalue weighted by atomic mass is 16.5. The molecule has 0 aliphatic heterocycles. The molecule has 1 fully saturated rings. The average Bonchev–Trinajstić information content (AvgIpc) is 3.36. The number of nitrogens with zero attached hydrogens (tertiary/aromatic N) is 2. The Bertz CT molecular complexity index is 998. The number of carbonyl (C=O) groups is 1. The molecular weight excluding hydrogens is 370 g/mol. The zero-order chi connectivity index (χ0) is 20.4. The molecule has 0 spiro atoms. The van der Waals surface area contributed by atoms with Crippen molar-refractivity contribution >= 4 is 5.91 Å². The second-order valence-electron chi connectivity index (χ2n) is 7.63. The van der Waals surface area contributed by atoms with E-state index in [4.69, 9.17) is 9.47 Å². The summed E-state index contributed by atoms with van der Waals surface area (Å²) < 4.78 is 11.8. The Morgan fingerprint density at radius 3 is 2.66 bits per heavy atom. The van der Waals surface area contributed by atoms with Gasteiger partial charge in [0.25, 0.3) is 5.56 Å². The topological polar surface area (TPSA) is 82.5 Å². The molecule has 4 rings (SSSR count). The summed E-state index contributed by atoms with van der Waals surface area (Å²) in [7, 11) is 3.13. The molecule has 152 valence electrons. The maximum Gasteiger partial charge on any atom is 0.267 e. The molecule has 1 amide bonds. The van der Waals surface area contributed by atoms with Gasteiger partial charge in [0.05, 0.1) is 19.9 Å². The zero-order valence-corrected chi connectivity index (χ0v) is 16.6. The van der Waals surface area contributed by atoms with Crippen LogP contribution in [0.4, 0.5) is 0 Å². The van der Waals surface area contributed by atoms with E-state index in [9.17, 15) is 9.59 Å². The third-order valence-corrected chi connectivity index (χ3v) is 5.82. The van der Waals surface area contributed by atoms with E-state index >= 15 is 0 Å². The van der Waals surface area contributed by atoms with Gasteiger partial charge in [-0.2, -0.15) is 5.10 Å². The molecule has 0 saturated heterocycles. The molecule has 2 aliphatic rings. The Labute approximate surface area is 169 Å². The molecule has 2 aromatic rings. The molecule has 0 unspecified atom stereocenters. The number of ether oxygens (including phenoxy) is 2. The SMILES string of the molecule is COc1ccc(-c2ccc(=O)n(CC(=O)NC[C@@H]3C[C@H]4C=C[C@H]3C4)n2)cc1OC. The van der Waals surface area contributed by atoms with Crippen LogP contribution in [0.2, 0.25) is 0 Å². The molecule has 3 atom stereocenters. The van der Waals surface area contributed by atoms with Crippen LogP contribution in [0.3, 0.4) is 0 Å². The summed E-state index contributed by atoms with van der Waals surface area (Å²) in [5, 5.41) is 7.34. The van der Waals surface area contributed by atoms with Crippen molar-refractivity contribution in [2.45, 2.75) is 19.4 Å². The molecule has 7 nitrogen and oxygen atoms in total. The highest BCUT2D eigenvalue weighted by molar-refractivity contribution is 5.75. The minimum atomic E-state index is -0.313. The number of benzene rings is 1. The summed E-state index contributed by atoms with van der Waals surface area (Å²) in [6, 6.07) is 8.47. The third kappa shape index (κ3) is 4.04. The van der Waals surface area contributed by atoms with Gasteiger partial charge >= 0.3 is 0 Å². The van der Waals surface area contributed by atoms with Gasteiger partial charge in [0.1, 0.15) is 6.54 Å². The van der Waals surface area contributed by atoms with Gasteiger partial charge in [-0.05, 0) is 54.9 Å². The van der Waals surface area contributed by atoms with Crippen molar-refractivity contribution < 1.29 is 14.3 Å². The Kier molecular flexibility index (Phi) is 5.38. The van der Waals surface area contributed by atoms with Crippen LogP contribution in [0, 0.1) is 17.8 Å². The van der Waals surface area contributed by atoms with Crippen molar-refractivity contribution in [1.29, 1.82) is 0 Å². The predicted octanol–water partition coefficient (Wildman–Crippen LogP) is 2.26. The van der Waals surface area contributed by atoms with Crippen LogP contribution in [0.25, 0.3) is 11.3 Å².